The van der Waals surface area contributed by atoms with Gasteiger partial charge in [-0.15, -0.1) is 10.2 Å². The molecule has 5 nitrogen and oxygen atoms in total. The maximum absolute atomic E-state index is 5.88. The SMILES string of the molecule is CN(CCCNc1nc(Cl)nnc1Cl)Cc1ccccc1. The van der Waals surface area contributed by atoms with Crippen molar-refractivity contribution in [3.8, 4) is 0 Å². The first-order valence-electron chi connectivity index (χ1n) is 6.67. The molecule has 0 aliphatic heterocycles. The highest BCUT2D eigenvalue weighted by atomic mass is 35.5. The molecule has 0 aliphatic rings. The summed E-state index contributed by atoms with van der Waals surface area (Å²) in [5.74, 6) is 0.474. The second kappa shape index (κ2) is 8.12. The number of hydrogen-bond donors (Lipinski definition) is 1. The van der Waals surface area contributed by atoms with E-state index < -0.39 is 0 Å². The van der Waals surface area contributed by atoms with Crippen molar-refractivity contribution < 1.29 is 0 Å². The molecule has 1 heterocycles. The van der Waals surface area contributed by atoms with Crippen LogP contribution in [0.5, 0.6) is 0 Å². The Hall–Kier alpha value is -1.43. The molecule has 7 heteroatoms. The monoisotopic (exact) mass is 325 g/mol. The van der Waals surface area contributed by atoms with Crippen LogP contribution in [0.25, 0.3) is 0 Å². The van der Waals surface area contributed by atoms with Gasteiger partial charge >= 0.3 is 0 Å². The predicted molar refractivity (Wildman–Crippen MR) is 85.7 cm³/mol. The van der Waals surface area contributed by atoms with E-state index >= 15 is 0 Å². The van der Waals surface area contributed by atoms with Crippen LogP contribution in [0.15, 0.2) is 30.3 Å². The van der Waals surface area contributed by atoms with Crippen LogP contribution in [0.4, 0.5) is 5.82 Å². The van der Waals surface area contributed by atoms with Crippen LogP contribution in [-0.2, 0) is 6.54 Å². The smallest absolute Gasteiger partial charge is 0.245 e. The molecule has 0 fully saturated rings. The van der Waals surface area contributed by atoms with Crippen molar-refractivity contribution in [2.45, 2.75) is 13.0 Å². The molecule has 21 heavy (non-hydrogen) atoms. The summed E-state index contributed by atoms with van der Waals surface area (Å²) in [5, 5.41) is 10.7. The molecule has 0 aliphatic carbocycles. The fourth-order valence-corrected chi connectivity index (χ4v) is 2.20. The lowest BCUT2D eigenvalue weighted by Crippen LogP contribution is -2.21. The summed E-state index contributed by atoms with van der Waals surface area (Å²) in [6.07, 6.45) is 0.960. The van der Waals surface area contributed by atoms with Gasteiger partial charge in [-0.2, -0.15) is 4.98 Å². The van der Waals surface area contributed by atoms with Crippen LogP contribution in [0.3, 0.4) is 0 Å². The highest BCUT2D eigenvalue weighted by Gasteiger charge is 2.05. The second-order valence-electron chi connectivity index (χ2n) is 4.72. The molecule has 1 aromatic carbocycles. The molecule has 2 aromatic rings. The quantitative estimate of drug-likeness (QED) is 0.793. The molecule has 2 rings (SSSR count). The molecule has 0 radical (unpaired) electrons. The molecule has 0 bridgehead atoms. The molecule has 0 saturated carbocycles. The Bertz CT molecular complexity index is 565. The molecule has 0 spiro atoms. The largest absolute Gasteiger partial charge is 0.367 e. The summed E-state index contributed by atoms with van der Waals surface area (Å²) in [6.45, 7) is 2.64. The summed E-state index contributed by atoms with van der Waals surface area (Å²) < 4.78 is 0. The van der Waals surface area contributed by atoms with Gasteiger partial charge in [0.2, 0.25) is 5.28 Å². The van der Waals surface area contributed by atoms with E-state index in [1.165, 1.54) is 5.56 Å². The van der Waals surface area contributed by atoms with E-state index in [-0.39, 0.29) is 10.4 Å². The summed E-state index contributed by atoms with van der Waals surface area (Å²) in [4.78, 5) is 6.26. The molecule has 1 N–H and O–H groups in total. The maximum Gasteiger partial charge on any atom is 0.245 e. The summed E-state index contributed by atoms with van der Waals surface area (Å²) in [5.41, 5.74) is 1.31. The van der Waals surface area contributed by atoms with E-state index in [0.717, 1.165) is 26.1 Å². The fourth-order valence-electron chi connectivity index (χ4n) is 1.94. The van der Waals surface area contributed by atoms with Gasteiger partial charge < -0.3 is 10.2 Å². The van der Waals surface area contributed by atoms with Crippen molar-refractivity contribution in [2.75, 3.05) is 25.5 Å². The summed E-state index contributed by atoms with van der Waals surface area (Å²) in [6, 6.07) is 10.4. The lowest BCUT2D eigenvalue weighted by atomic mass is 10.2. The normalized spacial score (nSPS) is 10.9. The summed E-state index contributed by atoms with van der Waals surface area (Å²) >= 11 is 11.6. The molecular weight excluding hydrogens is 309 g/mol. The Morgan fingerprint density at radius 3 is 2.67 bits per heavy atom. The van der Waals surface area contributed by atoms with Gasteiger partial charge in [0, 0.05) is 13.1 Å². The second-order valence-corrected chi connectivity index (χ2v) is 5.42. The van der Waals surface area contributed by atoms with E-state index in [4.69, 9.17) is 23.2 Å². The third kappa shape index (κ3) is 5.46. The zero-order chi connectivity index (χ0) is 15.1. The lowest BCUT2D eigenvalue weighted by molar-refractivity contribution is 0.325. The molecule has 0 saturated heterocycles. The van der Waals surface area contributed by atoms with Crippen molar-refractivity contribution in [1.29, 1.82) is 0 Å². The average Bonchev–Trinajstić information content (AvgIpc) is 2.48. The predicted octanol–water partition coefficient (Wildman–Crippen LogP) is 3.11. The Morgan fingerprint density at radius 2 is 1.90 bits per heavy atom. The number of rotatable bonds is 7. The maximum atomic E-state index is 5.88. The minimum Gasteiger partial charge on any atom is -0.367 e. The zero-order valence-electron chi connectivity index (χ0n) is 11.8. The Kier molecular flexibility index (Phi) is 6.17. The van der Waals surface area contributed by atoms with Crippen molar-refractivity contribution >= 4 is 29.0 Å². The number of aromatic nitrogens is 3. The van der Waals surface area contributed by atoms with Crippen LogP contribution in [0, 0.1) is 0 Å². The van der Waals surface area contributed by atoms with Gasteiger partial charge in [-0.25, -0.2) is 0 Å². The Balaban J connectivity index is 1.71. The van der Waals surface area contributed by atoms with Gasteiger partial charge in [0.05, 0.1) is 0 Å². The number of anilines is 1. The van der Waals surface area contributed by atoms with Crippen LogP contribution in [0.1, 0.15) is 12.0 Å². The van der Waals surface area contributed by atoms with Crippen molar-refractivity contribution in [3.63, 3.8) is 0 Å². The molecule has 0 unspecified atom stereocenters. The van der Waals surface area contributed by atoms with Crippen LogP contribution < -0.4 is 5.32 Å². The first kappa shape index (κ1) is 15.9. The van der Waals surface area contributed by atoms with Crippen molar-refractivity contribution in [1.82, 2.24) is 20.1 Å². The Morgan fingerprint density at radius 1 is 1.14 bits per heavy atom. The lowest BCUT2D eigenvalue weighted by Gasteiger charge is -2.16. The number of halogens is 2. The number of nitrogens with one attached hydrogen (secondary N) is 1. The summed E-state index contributed by atoms with van der Waals surface area (Å²) in [7, 11) is 2.10. The van der Waals surface area contributed by atoms with Gasteiger partial charge in [0.25, 0.3) is 0 Å². The number of hydrogen-bond acceptors (Lipinski definition) is 5. The highest BCUT2D eigenvalue weighted by Crippen LogP contribution is 2.16. The van der Waals surface area contributed by atoms with Crippen molar-refractivity contribution in [2.24, 2.45) is 0 Å². The van der Waals surface area contributed by atoms with Gasteiger partial charge in [0.1, 0.15) is 0 Å². The fraction of sp³-hybridized carbons (Fsp3) is 0.357. The molecule has 0 amide bonds. The third-order valence-corrected chi connectivity index (χ3v) is 3.34. The topological polar surface area (TPSA) is 53.9 Å². The third-order valence-electron chi connectivity index (χ3n) is 2.92. The molecular formula is C14H17Cl2N5. The van der Waals surface area contributed by atoms with E-state index in [2.05, 4.69) is 56.7 Å². The average molecular weight is 326 g/mol. The van der Waals surface area contributed by atoms with Crippen LogP contribution in [-0.4, -0.2) is 40.2 Å². The minimum atomic E-state index is 0.0862. The van der Waals surface area contributed by atoms with Gasteiger partial charge in [0.15, 0.2) is 11.0 Å². The van der Waals surface area contributed by atoms with Crippen molar-refractivity contribution in [3.05, 3.63) is 46.3 Å². The zero-order valence-corrected chi connectivity index (χ0v) is 13.3. The first-order valence-corrected chi connectivity index (χ1v) is 7.43. The van der Waals surface area contributed by atoms with E-state index in [9.17, 15) is 0 Å². The van der Waals surface area contributed by atoms with Crippen LogP contribution in [0.2, 0.25) is 10.4 Å². The minimum absolute atomic E-state index is 0.0862. The molecule has 1 aromatic heterocycles. The standard InChI is InChI=1S/C14H17Cl2N5/c1-21(10-11-6-3-2-4-7-11)9-5-8-17-13-12(15)19-20-14(16)18-13/h2-4,6-7H,5,8-10H2,1H3,(H,17,18,20). The highest BCUT2D eigenvalue weighted by molar-refractivity contribution is 6.32. The van der Waals surface area contributed by atoms with E-state index in [0.29, 0.717) is 5.82 Å². The van der Waals surface area contributed by atoms with E-state index in [1.54, 1.807) is 0 Å². The number of benzene rings is 1. The molecule has 0 atom stereocenters. The molecule has 112 valence electrons. The van der Waals surface area contributed by atoms with Gasteiger partial charge in [-0.3, -0.25) is 0 Å². The number of nitrogens with zero attached hydrogens (tertiary/aromatic N) is 4. The Labute approximate surface area is 134 Å². The van der Waals surface area contributed by atoms with Crippen LogP contribution >= 0.6 is 23.2 Å². The van der Waals surface area contributed by atoms with Gasteiger partial charge in [-0.05, 0) is 37.2 Å². The van der Waals surface area contributed by atoms with E-state index in [1.807, 2.05) is 6.07 Å². The first-order chi connectivity index (χ1) is 10.1. The van der Waals surface area contributed by atoms with Gasteiger partial charge in [-0.1, -0.05) is 41.9 Å².